The second kappa shape index (κ2) is 6.87. The molecule has 0 saturated carbocycles. The topological polar surface area (TPSA) is 55.3 Å². The molecule has 0 fully saturated rings. The fourth-order valence-corrected chi connectivity index (χ4v) is 2.80. The van der Waals surface area contributed by atoms with E-state index in [0.717, 1.165) is 0 Å². The molecule has 7 heteroatoms. The minimum absolute atomic E-state index is 0.0505. The number of rotatable bonds is 5. The third-order valence-electron chi connectivity index (χ3n) is 2.90. The van der Waals surface area contributed by atoms with Crippen LogP contribution in [0.5, 0.6) is 11.5 Å². The first-order chi connectivity index (χ1) is 10.0. The van der Waals surface area contributed by atoms with Gasteiger partial charge in [-0.2, -0.15) is 0 Å². The smallest absolute Gasteiger partial charge is 0.267 e. The Morgan fingerprint density at radius 1 is 1.48 bits per heavy atom. The molecule has 0 bridgehead atoms. The van der Waals surface area contributed by atoms with Crippen molar-refractivity contribution in [2.75, 3.05) is 6.54 Å². The normalized spacial score (nSPS) is 10.7. The number of halogens is 1. The van der Waals surface area contributed by atoms with Gasteiger partial charge in [-0.25, -0.2) is 9.97 Å². The van der Waals surface area contributed by atoms with Crippen LogP contribution in [-0.2, 0) is 0 Å². The number of aromatic nitrogens is 2. The Hall–Kier alpha value is -1.66. The molecule has 0 aliphatic carbocycles. The van der Waals surface area contributed by atoms with Gasteiger partial charge in [-0.3, -0.25) is 4.79 Å². The molecule has 0 aliphatic heterocycles. The lowest BCUT2D eigenvalue weighted by atomic mass is 10.3. The minimum atomic E-state index is -0.0505. The molecule has 0 unspecified atom stereocenters. The van der Waals surface area contributed by atoms with Gasteiger partial charge in [-0.1, -0.05) is 11.6 Å². The Morgan fingerprint density at radius 2 is 2.24 bits per heavy atom. The van der Waals surface area contributed by atoms with Crippen LogP contribution in [0.2, 0.25) is 5.15 Å². The SMILES string of the molecule is CCN(C(=O)c1sccc1Oc1cncnc1Cl)C(C)C. The van der Waals surface area contributed by atoms with Crippen molar-refractivity contribution in [1.82, 2.24) is 14.9 Å². The number of amides is 1. The van der Waals surface area contributed by atoms with Crippen molar-refractivity contribution in [3.8, 4) is 11.5 Å². The maximum absolute atomic E-state index is 12.6. The Balaban J connectivity index is 2.27. The van der Waals surface area contributed by atoms with E-state index in [1.165, 1.54) is 23.9 Å². The molecule has 2 heterocycles. The number of nitrogens with zero attached hydrogens (tertiary/aromatic N) is 3. The molecule has 0 radical (unpaired) electrons. The van der Waals surface area contributed by atoms with Crippen molar-refractivity contribution in [3.63, 3.8) is 0 Å². The molecular weight excluding hydrogens is 310 g/mol. The molecule has 0 aromatic carbocycles. The predicted molar refractivity (Wildman–Crippen MR) is 83.3 cm³/mol. The fraction of sp³-hybridized carbons (Fsp3) is 0.357. The third-order valence-corrected chi connectivity index (χ3v) is 4.07. The van der Waals surface area contributed by atoms with Crippen LogP contribution in [0.1, 0.15) is 30.4 Å². The van der Waals surface area contributed by atoms with Crippen LogP contribution < -0.4 is 4.74 Å². The Kier molecular flexibility index (Phi) is 5.14. The van der Waals surface area contributed by atoms with E-state index in [4.69, 9.17) is 16.3 Å². The second-order valence-electron chi connectivity index (χ2n) is 4.58. The quantitative estimate of drug-likeness (QED) is 0.783. The molecule has 0 aliphatic rings. The molecule has 1 amide bonds. The zero-order chi connectivity index (χ0) is 15.4. The van der Waals surface area contributed by atoms with Gasteiger partial charge in [0.15, 0.2) is 16.7 Å². The number of hydrogen-bond acceptors (Lipinski definition) is 5. The summed E-state index contributed by atoms with van der Waals surface area (Å²) in [5.41, 5.74) is 0. The van der Waals surface area contributed by atoms with Gasteiger partial charge in [0.2, 0.25) is 0 Å². The molecule has 2 aromatic rings. The van der Waals surface area contributed by atoms with Gasteiger partial charge in [0.1, 0.15) is 11.2 Å². The average molecular weight is 326 g/mol. The zero-order valence-electron chi connectivity index (χ0n) is 12.0. The molecule has 2 aromatic heterocycles. The maximum atomic E-state index is 12.6. The Labute approximate surface area is 132 Å². The standard InChI is InChI=1S/C14H16ClN3O2S/c1-4-18(9(2)3)14(19)12-10(5-6-21-12)20-11-7-16-8-17-13(11)15/h5-9H,4H2,1-3H3. The summed E-state index contributed by atoms with van der Waals surface area (Å²) in [5, 5.41) is 2.03. The lowest BCUT2D eigenvalue weighted by Gasteiger charge is -2.24. The van der Waals surface area contributed by atoms with Gasteiger partial charge >= 0.3 is 0 Å². The van der Waals surface area contributed by atoms with Crippen molar-refractivity contribution < 1.29 is 9.53 Å². The molecule has 5 nitrogen and oxygen atoms in total. The molecule has 112 valence electrons. The lowest BCUT2D eigenvalue weighted by molar-refractivity contribution is 0.0719. The number of ether oxygens (including phenoxy) is 1. The van der Waals surface area contributed by atoms with Gasteiger partial charge in [0, 0.05) is 12.6 Å². The summed E-state index contributed by atoms with van der Waals surface area (Å²) < 4.78 is 5.68. The summed E-state index contributed by atoms with van der Waals surface area (Å²) >= 11 is 7.29. The Bertz CT molecular complexity index is 630. The van der Waals surface area contributed by atoms with Crippen molar-refractivity contribution in [1.29, 1.82) is 0 Å². The van der Waals surface area contributed by atoms with Crippen molar-refractivity contribution in [2.45, 2.75) is 26.8 Å². The van der Waals surface area contributed by atoms with E-state index >= 15 is 0 Å². The Morgan fingerprint density at radius 3 is 2.86 bits per heavy atom. The van der Waals surface area contributed by atoms with Gasteiger partial charge in [-0.15, -0.1) is 11.3 Å². The number of thiophene rings is 1. The summed E-state index contributed by atoms with van der Waals surface area (Å²) in [7, 11) is 0. The first-order valence-electron chi connectivity index (χ1n) is 6.56. The van der Waals surface area contributed by atoms with Gasteiger partial charge in [0.25, 0.3) is 5.91 Å². The summed E-state index contributed by atoms with van der Waals surface area (Å²) in [5.74, 6) is 0.755. The first-order valence-corrected chi connectivity index (χ1v) is 7.82. The highest BCUT2D eigenvalue weighted by molar-refractivity contribution is 7.12. The van der Waals surface area contributed by atoms with Crippen LogP contribution in [0.3, 0.4) is 0 Å². The minimum Gasteiger partial charge on any atom is -0.451 e. The van der Waals surface area contributed by atoms with E-state index in [1.54, 1.807) is 11.0 Å². The van der Waals surface area contributed by atoms with Gasteiger partial charge < -0.3 is 9.64 Å². The molecule has 0 saturated heterocycles. The third kappa shape index (κ3) is 3.51. The zero-order valence-corrected chi connectivity index (χ0v) is 13.6. The average Bonchev–Trinajstić information content (AvgIpc) is 2.90. The summed E-state index contributed by atoms with van der Waals surface area (Å²) in [4.78, 5) is 22.6. The van der Waals surface area contributed by atoms with Gasteiger partial charge in [0.05, 0.1) is 6.20 Å². The van der Waals surface area contributed by atoms with Gasteiger partial charge in [-0.05, 0) is 32.2 Å². The van der Waals surface area contributed by atoms with E-state index in [0.29, 0.717) is 22.9 Å². The maximum Gasteiger partial charge on any atom is 0.267 e. The van der Waals surface area contributed by atoms with E-state index in [-0.39, 0.29) is 17.1 Å². The van der Waals surface area contributed by atoms with Crippen LogP contribution in [0, 0.1) is 0 Å². The van der Waals surface area contributed by atoms with E-state index in [1.807, 2.05) is 26.2 Å². The van der Waals surface area contributed by atoms with Crippen LogP contribution in [0.4, 0.5) is 0 Å². The van der Waals surface area contributed by atoms with Crippen molar-refractivity contribution in [3.05, 3.63) is 34.0 Å². The fourth-order valence-electron chi connectivity index (χ4n) is 1.90. The molecule has 0 spiro atoms. The van der Waals surface area contributed by atoms with E-state index in [9.17, 15) is 4.79 Å². The van der Waals surface area contributed by atoms with Crippen molar-refractivity contribution >= 4 is 28.8 Å². The van der Waals surface area contributed by atoms with Crippen molar-refractivity contribution in [2.24, 2.45) is 0 Å². The summed E-state index contributed by atoms with van der Waals surface area (Å²) in [6.07, 6.45) is 2.81. The van der Waals surface area contributed by atoms with Crippen LogP contribution in [0.25, 0.3) is 0 Å². The highest BCUT2D eigenvalue weighted by Crippen LogP contribution is 2.33. The van der Waals surface area contributed by atoms with E-state index < -0.39 is 0 Å². The van der Waals surface area contributed by atoms with Crippen LogP contribution in [0.15, 0.2) is 24.0 Å². The highest BCUT2D eigenvalue weighted by Gasteiger charge is 2.23. The molecular formula is C14H16ClN3O2S. The number of carbonyl (C=O) groups is 1. The first kappa shape index (κ1) is 15.7. The monoisotopic (exact) mass is 325 g/mol. The summed E-state index contributed by atoms with van der Waals surface area (Å²) in [6, 6.07) is 1.87. The van der Waals surface area contributed by atoms with E-state index in [2.05, 4.69) is 9.97 Å². The number of carbonyl (C=O) groups excluding carboxylic acids is 1. The summed E-state index contributed by atoms with van der Waals surface area (Å²) in [6.45, 7) is 6.56. The van der Waals surface area contributed by atoms with Crippen LogP contribution in [-0.4, -0.2) is 33.4 Å². The number of hydrogen-bond donors (Lipinski definition) is 0. The molecule has 21 heavy (non-hydrogen) atoms. The lowest BCUT2D eigenvalue weighted by Crippen LogP contribution is -2.36. The highest BCUT2D eigenvalue weighted by atomic mass is 35.5. The molecule has 0 N–H and O–H groups in total. The molecule has 0 atom stereocenters. The van der Waals surface area contributed by atoms with Crippen LogP contribution >= 0.6 is 22.9 Å². The second-order valence-corrected chi connectivity index (χ2v) is 5.85. The molecule has 2 rings (SSSR count). The largest absolute Gasteiger partial charge is 0.451 e. The predicted octanol–water partition coefficient (Wildman–Crippen LogP) is 3.85.